The SMILES string of the molecule is CC(=Nc1ccccc1C(C)C)c1ccc(C(C)=Nc2ccccc2C(C)C)s1. The van der Waals surface area contributed by atoms with Gasteiger partial charge >= 0.3 is 0 Å². The van der Waals surface area contributed by atoms with E-state index in [1.165, 1.54) is 20.9 Å². The van der Waals surface area contributed by atoms with Crippen LogP contribution in [0.15, 0.2) is 70.6 Å². The summed E-state index contributed by atoms with van der Waals surface area (Å²) in [6, 6.07) is 21.1. The van der Waals surface area contributed by atoms with Gasteiger partial charge in [0.2, 0.25) is 0 Å². The summed E-state index contributed by atoms with van der Waals surface area (Å²) >= 11 is 1.75. The Balaban J connectivity index is 1.89. The molecule has 0 saturated carbocycles. The minimum absolute atomic E-state index is 0.456. The third-order valence-electron chi connectivity index (χ3n) is 5.01. The molecule has 0 bridgehead atoms. The van der Waals surface area contributed by atoms with Crippen LogP contribution in [0.1, 0.15) is 74.3 Å². The van der Waals surface area contributed by atoms with Gasteiger partial charge in [-0.25, -0.2) is 0 Å². The average Bonchev–Trinajstić information content (AvgIpc) is 3.19. The molecular weight excluding hydrogens is 372 g/mol. The Morgan fingerprint density at radius 2 is 1.00 bits per heavy atom. The van der Waals surface area contributed by atoms with Crippen LogP contribution < -0.4 is 0 Å². The van der Waals surface area contributed by atoms with Crippen molar-refractivity contribution in [2.45, 2.75) is 53.4 Å². The Bertz CT molecular complexity index is 956. The van der Waals surface area contributed by atoms with Crippen molar-refractivity contribution in [1.29, 1.82) is 0 Å². The predicted octanol–water partition coefficient (Wildman–Crippen LogP) is 8.28. The zero-order valence-electron chi connectivity index (χ0n) is 18.2. The molecule has 3 aromatic rings. The number of hydrogen-bond donors (Lipinski definition) is 0. The van der Waals surface area contributed by atoms with Crippen LogP contribution in [0, 0.1) is 0 Å². The third-order valence-corrected chi connectivity index (χ3v) is 6.32. The van der Waals surface area contributed by atoms with Crippen molar-refractivity contribution in [3.8, 4) is 0 Å². The lowest BCUT2D eigenvalue weighted by molar-refractivity contribution is 0.867. The molecule has 3 heteroatoms. The fourth-order valence-corrected chi connectivity index (χ4v) is 4.25. The van der Waals surface area contributed by atoms with Crippen molar-refractivity contribution in [3.05, 3.63) is 81.5 Å². The highest BCUT2D eigenvalue weighted by Gasteiger charge is 2.10. The zero-order chi connectivity index (χ0) is 21.0. The van der Waals surface area contributed by atoms with E-state index in [0.29, 0.717) is 11.8 Å². The van der Waals surface area contributed by atoms with E-state index < -0.39 is 0 Å². The maximum atomic E-state index is 4.93. The van der Waals surface area contributed by atoms with Crippen molar-refractivity contribution < 1.29 is 0 Å². The molecule has 0 aliphatic heterocycles. The predicted molar refractivity (Wildman–Crippen MR) is 129 cm³/mol. The van der Waals surface area contributed by atoms with Crippen LogP contribution in [-0.4, -0.2) is 11.4 Å². The van der Waals surface area contributed by atoms with Crippen LogP contribution in [0.4, 0.5) is 11.4 Å². The lowest BCUT2D eigenvalue weighted by Crippen LogP contribution is -1.94. The molecular formula is C26H30N2S. The molecule has 0 atom stereocenters. The molecule has 0 fully saturated rings. The quantitative estimate of drug-likeness (QED) is 0.371. The molecule has 3 rings (SSSR count). The lowest BCUT2D eigenvalue weighted by Gasteiger charge is -2.09. The second-order valence-corrected chi connectivity index (χ2v) is 9.07. The monoisotopic (exact) mass is 402 g/mol. The minimum atomic E-state index is 0.456. The van der Waals surface area contributed by atoms with Crippen LogP contribution in [0.3, 0.4) is 0 Å². The van der Waals surface area contributed by atoms with Gasteiger partial charge in [-0.05, 0) is 61.1 Å². The van der Waals surface area contributed by atoms with E-state index in [1.807, 2.05) is 0 Å². The van der Waals surface area contributed by atoms with Gasteiger partial charge in [0, 0.05) is 9.75 Å². The molecule has 0 spiro atoms. The minimum Gasteiger partial charge on any atom is -0.252 e. The second kappa shape index (κ2) is 9.32. The molecule has 0 aliphatic rings. The molecule has 0 unspecified atom stereocenters. The largest absolute Gasteiger partial charge is 0.252 e. The molecule has 1 aromatic heterocycles. The Kier molecular flexibility index (Phi) is 6.81. The highest BCUT2D eigenvalue weighted by Crippen LogP contribution is 2.30. The molecule has 1 heterocycles. The van der Waals surface area contributed by atoms with Crippen LogP contribution in [0.2, 0.25) is 0 Å². The van der Waals surface area contributed by atoms with Gasteiger partial charge in [-0.1, -0.05) is 64.1 Å². The highest BCUT2D eigenvalue weighted by molar-refractivity contribution is 7.16. The van der Waals surface area contributed by atoms with E-state index >= 15 is 0 Å². The number of para-hydroxylation sites is 2. The van der Waals surface area contributed by atoms with Crippen LogP contribution in [0.5, 0.6) is 0 Å². The van der Waals surface area contributed by atoms with Crippen LogP contribution in [0.25, 0.3) is 0 Å². The molecule has 29 heavy (non-hydrogen) atoms. The maximum absolute atomic E-state index is 4.93. The van der Waals surface area contributed by atoms with E-state index in [1.54, 1.807) is 11.3 Å². The molecule has 0 radical (unpaired) electrons. The van der Waals surface area contributed by atoms with Gasteiger partial charge in [-0.2, -0.15) is 0 Å². The second-order valence-electron chi connectivity index (χ2n) is 7.99. The number of hydrogen-bond acceptors (Lipinski definition) is 3. The van der Waals surface area contributed by atoms with E-state index in [9.17, 15) is 0 Å². The normalized spacial score (nSPS) is 12.8. The fourth-order valence-electron chi connectivity index (χ4n) is 3.35. The first-order chi connectivity index (χ1) is 13.9. The Labute approximate surface area is 179 Å². The standard InChI is InChI=1S/C26H30N2S/c1-17(2)21-11-7-9-13-23(21)27-19(5)25-15-16-26(29-25)20(6)28-24-14-10-8-12-22(24)18(3)4/h7-18H,1-6H3. The summed E-state index contributed by atoms with van der Waals surface area (Å²) in [5, 5.41) is 0. The van der Waals surface area contributed by atoms with Crippen molar-refractivity contribution in [3.63, 3.8) is 0 Å². The first-order valence-corrected chi connectivity index (χ1v) is 11.1. The highest BCUT2D eigenvalue weighted by atomic mass is 32.1. The van der Waals surface area contributed by atoms with E-state index in [0.717, 1.165) is 22.8 Å². The summed E-state index contributed by atoms with van der Waals surface area (Å²) in [6.07, 6.45) is 0. The van der Waals surface area contributed by atoms with Crippen LogP contribution >= 0.6 is 11.3 Å². The molecule has 150 valence electrons. The number of benzene rings is 2. The fraction of sp³-hybridized carbons (Fsp3) is 0.308. The smallest absolute Gasteiger partial charge is 0.0668 e. The third kappa shape index (κ3) is 5.10. The molecule has 2 nitrogen and oxygen atoms in total. The summed E-state index contributed by atoms with van der Waals surface area (Å²) in [7, 11) is 0. The summed E-state index contributed by atoms with van der Waals surface area (Å²) in [5.41, 5.74) is 6.78. The topological polar surface area (TPSA) is 24.7 Å². The Hall–Kier alpha value is -2.52. The summed E-state index contributed by atoms with van der Waals surface area (Å²) in [5.74, 6) is 0.911. The van der Waals surface area contributed by atoms with E-state index in [4.69, 9.17) is 9.98 Å². The number of thiophene rings is 1. The summed E-state index contributed by atoms with van der Waals surface area (Å²) in [4.78, 5) is 12.2. The van der Waals surface area contributed by atoms with Gasteiger partial charge in [-0.15, -0.1) is 11.3 Å². The molecule has 2 aromatic carbocycles. The first-order valence-electron chi connectivity index (χ1n) is 10.3. The molecule has 0 amide bonds. The van der Waals surface area contributed by atoms with Gasteiger partial charge in [-0.3, -0.25) is 9.98 Å². The van der Waals surface area contributed by atoms with Gasteiger partial charge in [0.15, 0.2) is 0 Å². The number of rotatable bonds is 6. The average molecular weight is 403 g/mol. The maximum Gasteiger partial charge on any atom is 0.0668 e. The number of aliphatic imine (C=N–C) groups is 2. The zero-order valence-corrected chi connectivity index (χ0v) is 19.0. The van der Waals surface area contributed by atoms with Crippen LogP contribution in [-0.2, 0) is 0 Å². The molecule has 0 saturated heterocycles. The summed E-state index contributed by atoms with van der Waals surface area (Å²) in [6.45, 7) is 13.0. The molecule has 0 N–H and O–H groups in total. The van der Waals surface area contributed by atoms with Crippen molar-refractivity contribution >= 4 is 34.1 Å². The number of nitrogens with zero attached hydrogens (tertiary/aromatic N) is 2. The van der Waals surface area contributed by atoms with Gasteiger partial charge < -0.3 is 0 Å². The van der Waals surface area contributed by atoms with Gasteiger partial charge in [0.05, 0.1) is 22.8 Å². The first kappa shape index (κ1) is 21.2. The van der Waals surface area contributed by atoms with Gasteiger partial charge in [0.25, 0.3) is 0 Å². The van der Waals surface area contributed by atoms with Crippen molar-refractivity contribution in [2.75, 3.05) is 0 Å². The van der Waals surface area contributed by atoms with E-state index in [-0.39, 0.29) is 0 Å². The lowest BCUT2D eigenvalue weighted by atomic mass is 10.0. The van der Waals surface area contributed by atoms with Crippen molar-refractivity contribution in [2.24, 2.45) is 9.98 Å². The van der Waals surface area contributed by atoms with Crippen molar-refractivity contribution in [1.82, 2.24) is 0 Å². The molecule has 0 aliphatic carbocycles. The summed E-state index contributed by atoms with van der Waals surface area (Å²) < 4.78 is 0. The van der Waals surface area contributed by atoms with E-state index in [2.05, 4.69) is 102 Å². The van der Waals surface area contributed by atoms with Gasteiger partial charge in [0.1, 0.15) is 0 Å². The Morgan fingerprint density at radius 1 is 0.621 bits per heavy atom. The Morgan fingerprint density at radius 3 is 1.38 bits per heavy atom.